The predicted octanol–water partition coefficient (Wildman–Crippen LogP) is 4.17. The van der Waals surface area contributed by atoms with Gasteiger partial charge in [0.25, 0.3) is 0 Å². The average Bonchev–Trinajstić information content (AvgIpc) is 3.22. The monoisotopic (exact) mass is 339 g/mol. The number of aromatic nitrogens is 4. The summed E-state index contributed by atoms with van der Waals surface area (Å²) in [5, 5.41) is 14.5. The van der Waals surface area contributed by atoms with Gasteiger partial charge in [-0.3, -0.25) is 4.40 Å². The van der Waals surface area contributed by atoms with Crippen LogP contribution in [0.1, 0.15) is 18.8 Å². The standard InChI is InChI=1S/C17H14FN5S/c1-11(16-22-21-15-4-2-3-9-23(15)16)19-17-20-14(10-24-17)12-5-7-13(18)8-6-12/h2-11H,1H3,(H,19,20). The minimum Gasteiger partial charge on any atom is -0.352 e. The molecule has 4 aromatic rings. The highest BCUT2D eigenvalue weighted by Crippen LogP contribution is 2.27. The molecule has 0 saturated carbocycles. The van der Waals surface area contributed by atoms with Crippen LogP contribution in [0, 0.1) is 5.82 Å². The maximum Gasteiger partial charge on any atom is 0.183 e. The number of hydrogen-bond acceptors (Lipinski definition) is 5. The van der Waals surface area contributed by atoms with Crippen LogP contribution in [0.5, 0.6) is 0 Å². The predicted molar refractivity (Wildman–Crippen MR) is 92.5 cm³/mol. The van der Waals surface area contributed by atoms with Gasteiger partial charge in [-0.1, -0.05) is 6.07 Å². The Kier molecular flexibility index (Phi) is 3.70. The number of nitrogens with zero attached hydrogens (tertiary/aromatic N) is 4. The molecule has 0 bridgehead atoms. The molecule has 0 radical (unpaired) electrons. The van der Waals surface area contributed by atoms with Crippen LogP contribution >= 0.6 is 11.3 Å². The van der Waals surface area contributed by atoms with E-state index in [1.54, 1.807) is 12.1 Å². The van der Waals surface area contributed by atoms with E-state index in [0.717, 1.165) is 27.9 Å². The molecule has 0 aliphatic heterocycles. The molecule has 5 nitrogen and oxygen atoms in total. The van der Waals surface area contributed by atoms with Crippen LogP contribution in [-0.2, 0) is 0 Å². The van der Waals surface area contributed by atoms with Crippen molar-refractivity contribution in [2.75, 3.05) is 5.32 Å². The van der Waals surface area contributed by atoms with Crippen molar-refractivity contribution in [2.45, 2.75) is 13.0 Å². The summed E-state index contributed by atoms with van der Waals surface area (Å²) in [5.41, 5.74) is 2.52. The highest BCUT2D eigenvalue weighted by atomic mass is 32.1. The minimum atomic E-state index is -0.250. The quantitative estimate of drug-likeness (QED) is 0.606. The molecule has 1 N–H and O–H groups in total. The van der Waals surface area contributed by atoms with E-state index >= 15 is 0 Å². The van der Waals surface area contributed by atoms with E-state index in [0.29, 0.717) is 0 Å². The normalized spacial score (nSPS) is 12.4. The fraction of sp³-hybridized carbons (Fsp3) is 0.118. The Balaban J connectivity index is 1.56. The summed E-state index contributed by atoms with van der Waals surface area (Å²) in [6.45, 7) is 2.02. The molecular weight excluding hydrogens is 325 g/mol. The summed E-state index contributed by atoms with van der Waals surface area (Å²) in [4.78, 5) is 4.57. The Labute approximate surface area is 141 Å². The first-order chi connectivity index (χ1) is 11.7. The third-order valence-electron chi connectivity index (χ3n) is 3.71. The lowest BCUT2D eigenvalue weighted by Crippen LogP contribution is -2.10. The highest BCUT2D eigenvalue weighted by molar-refractivity contribution is 7.14. The maximum atomic E-state index is 13.0. The number of halogens is 1. The van der Waals surface area contributed by atoms with Crippen LogP contribution in [-0.4, -0.2) is 19.6 Å². The Morgan fingerprint density at radius 2 is 1.96 bits per heavy atom. The second-order valence-corrected chi connectivity index (χ2v) is 6.26. The van der Waals surface area contributed by atoms with E-state index < -0.39 is 0 Å². The maximum absolute atomic E-state index is 13.0. The van der Waals surface area contributed by atoms with Gasteiger partial charge >= 0.3 is 0 Å². The van der Waals surface area contributed by atoms with Crippen molar-refractivity contribution in [3.05, 3.63) is 65.7 Å². The second kappa shape index (κ2) is 6.01. The van der Waals surface area contributed by atoms with Crippen molar-refractivity contribution in [2.24, 2.45) is 0 Å². The zero-order valence-electron chi connectivity index (χ0n) is 12.8. The molecule has 0 amide bonds. The fourth-order valence-electron chi connectivity index (χ4n) is 2.50. The number of benzene rings is 1. The molecule has 7 heteroatoms. The number of pyridine rings is 1. The second-order valence-electron chi connectivity index (χ2n) is 5.40. The number of fused-ring (bicyclic) bond motifs is 1. The lowest BCUT2D eigenvalue weighted by molar-refractivity contribution is 0.628. The van der Waals surface area contributed by atoms with E-state index in [9.17, 15) is 4.39 Å². The van der Waals surface area contributed by atoms with Crippen molar-refractivity contribution >= 4 is 22.1 Å². The molecule has 120 valence electrons. The van der Waals surface area contributed by atoms with Gasteiger partial charge in [-0.15, -0.1) is 21.5 Å². The summed E-state index contributed by atoms with van der Waals surface area (Å²) in [6.07, 6.45) is 1.94. The number of rotatable bonds is 4. The van der Waals surface area contributed by atoms with Gasteiger partial charge in [0, 0.05) is 17.1 Å². The summed E-state index contributed by atoms with van der Waals surface area (Å²) in [6, 6.07) is 12.1. The summed E-state index contributed by atoms with van der Waals surface area (Å²) in [5.74, 6) is 0.573. The lowest BCUT2D eigenvalue weighted by atomic mass is 10.2. The van der Waals surface area contributed by atoms with Crippen LogP contribution in [0.2, 0.25) is 0 Å². The molecule has 3 heterocycles. The van der Waals surface area contributed by atoms with Crippen molar-refractivity contribution < 1.29 is 4.39 Å². The molecule has 3 aromatic heterocycles. The summed E-state index contributed by atoms with van der Waals surface area (Å²) in [7, 11) is 0. The van der Waals surface area contributed by atoms with Gasteiger partial charge in [-0.2, -0.15) is 0 Å². The largest absolute Gasteiger partial charge is 0.352 e. The van der Waals surface area contributed by atoms with Gasteiger partial charge in [0.2, 0.25) is 0 Å². The highest BCUT2D eigenvalue weighted by Gasteiger charge is 2.15. The minimum absolute atomic E-state index is 0.0467. The molecule has 1 unspecified atom stereocenters. The SMILES string of the molecule is CC(Nc1nc(-c2ccc(F)cc2)cs1)c1nnc2ccccn12. The molecule has 0 saturated heterocycles. The van der Waals surface area contributed by atoms with Crippen molar-refractivity contribution in [3.8, 4) is 11.3 Å². The molecule has 1 atom stereocenters. The van der Waals surface area contributed by atoms with Gasteiger partial charge in [-0.05, 0) is 43.3 Å². The molecule has 0 fully saturated rings. The van der Waals surface area contributed by atoms with Gasteiger partial charge in [0.15, 0.2) is 16.6 Å². The van der Waals surface area contributed by atoms with Crippen molar-refractivity contribution in [3.63, 3.8) is 0 Å². The Hall–Kier alpha value is -2.80. The summed E-state index contributed by atoms with van der Waals surface area (Å²) < 4.78 is 15.0. The lowest BCUT2D eigenvalue weighted by Gasteiger charge is -2.10. The zero-order chi connectivity index (χ0) is 16.5. The number of thiazole rings is 1. The van der Waals surface area contributed by atoms with E-state index in [2.05, 4.69) is 20.5 Å². The Bertz CT molecular complexity index is 976. The van der Waals surface area contributed by atoms with Gasteiger partial charge in [-0.25, -0.2) is 9.37 Å². The summed E-state index contributed by atoms with van der Waals surface area (Å²) >= 11 is 1.51. The van der Waals surface area contributed by atoms with Crippen molar-refractivity contribution in [1.82, 2.24) is 19.6 Å². The first-order valence-corrected chi connectivity index (χ1v) is 8.36. The van der Waals surface area contributed by atoms with Crippen LogP contribution < -0.4 is 5.32 Å². The molecule has 24 heavy (non-hydrogen) atoms. The number of anilines is 1. The van der Waals surface area contributed by atoms with E-state index in [1.165, 1.54) is 23.5 Å². The first kappa shape index (κ1) is 14.8. The molecule has 0 aliphatic rings. The fourth-order valence-corrected chi connectivity index (χ4v) is 3.31. The van der Waals surface area contributed by atoms with Gasteiger partial charge < -0.3 is 5.32 Å². The molecule has 0 aliphatic carbocycles. The Morgan fingerprint density at radius 3 is 2.79 bits per heavy atom. The Morgan fingerprint density at radius 1 is 1.12 bits per heavy atom. The van der Waals surface area contributed by atoms with Crippen LogP contribution in [0.15, 0.2) is 54.0 Å². The molecule has 1 aromatic carbocycles. The molecular formula is C17H14FN5S. The van der Waals surface area contributed by atoms with Crippen LogP contribution in [0.4, 0.5) is 9.52 Å². The van der Waals surface area contributed by atoms with E-state index in [4.69, 9.17) is 0 Å². The average molecular weight is 339 g/mol. The third-order valence-corrected chi connectivity index (χ3v) is 4.49. The topological polar surface area (TPSA) is 55.1 Å². The number of nitrogens with one attached hydrogen (secondary N) is 1. The van der Waals surface area contributed by atoms with Crippen molar-refractivity contribution in [1.29, 1.82) is 0 Å². The van der Waals surface area contributed by atoms with Crippen LogP contribution in [0.3, 0.4) is 0 Å². The zero-order valence-corrected chi connectivity index (χ0v) is 13.7. The molecule has 0 spiro atoms. The van der Waals surface area contributed by atoms with E-state index in [-0.39, 0.29) is 11.9 Å². The third kappa shape index (κ3) is 2.74. The number of hydrogen-bond donors (Lipinski definition) is 1. The van der Waals surface area contributed by atoms with Gasteiger partial charge in [0.05, 0.1) is 11.7 Å². The van der Waals surface area contributed by atoms with E-state index in [1.807, 2.05) is 41.1 Å². The van der Waals surface area contributed by atoms with Crippen LogP contribution in [0.25, 0.3) is 16.9 Å². The van der Waals surface area contributed by atoms with Gasteiger partial charge in [0.1, 0.15) is 5.82 Å². The molecule has 4 rings (SSSR count). The first-order valence-electron chi connectivity index (χ1n) is 7.48. The smallest absolute Gasteiger partial charge is 0.183 e.